The van der Waals surface area contributed by atoms with Gasteiger partial charge >= 0.3 is 0 Å². The minimum atomic E-state index is -1.36. The lowest BCUT2D eigenvalue weighted by Gasteiger charge is -2.26. The Balaban J connectivity index is 1.06. The van der Waals surface area contributed by atoms with Gasteiger partial charge in [-0.25, -0.2) is 0 Å². The van der Waals surface area contributed by atoms with E-state index in [1.165, 1.54) is 0 Å². The molecule has 6 aliphatic carbocycles. The summed E-state index contributed by atoms with van der Waals surface area (Å²) in [7, 11) is 0. The van der Waals surface area contributed by atoms with Crippen LogP contribution in [0.25, 0.3) is 102 Å². The summed E-state index contributed by atoms with van der Waals surface area (Å²) in [6, 6.07) is 120. The van der Waals surface area contributed by atoms with Gasteiger partial charge in [0.25, 0.3) is 33.4 Å². The highest BCUT2D eigenvalue weighted by atomic mass is 16.2. The van der Waals surface area contributed by atoms with Gasteiger partial charge in [-0.15, -0.1) is 0 Å². The monoisotopic (exact) mass is 1430 g/mol. The van der Waals surface area contributed by atoms with Gasteiger partial charge < -0.3 is 0 Å². The van der Waals surface area contributed by atoms with Crippen molar-refractivity contribution in [1.82, 2.24) is 27.4 Å². The van der Waals surface area contributed by atoms with Crippen LogP contribution in [0.4, 0.5) is 0 Å². The third-order valence-corrected chi connectivity index (χ3v) is 21.7. The van der Waals surface area contributed by atoms with Crippen LogP contribution < -0.4 is 33.4 Å². The molecule has 0 N–H and O–H groups in total. The molecule has 7 aromatic rings. The zero-order valence-electron chi connectivity index (χ0n) is 59.7. The molecule has 0 atom stereocenters. The lowest BCUT2D eigenvalue weighted by molar-refractivity contribution is 0.872. The van der Waals surface area contributed by atoms with E-state index in [4.69, 9.17) is 0 Å². The van der Waals surface area contributed by atoms with Crippen LogP contribution >= 0.6 is 0 Å². The van der Waals surface area contributed by atoms with E-state index in [0.29, 0.717) is 118 Å². The van der Waals surface area contributed by atoms with Crippen LogP contribution in [-0.4, -0.2) is 27.4 Å². The second kappa shape index (κ2) is 27.8. The number of hydrogen-bond donors (Lipinski definition) is 0. The van der Waals surface area contributed by atoms with E-state index >= 15 is 28.8 Å². The SMILES string of the molecule is O=c1c(C(c2cc(C(c3c4cccccc-4n(-c4ccccc4)c3=O)c3c4cccccc-4n(-c4ccccc4)c3=O)cc(C(c3c4cccccc-4n(-c4ccccc4)c3=O)c3c4cccccc-4n(-c4ccccc4)c3=O)c2)c2c3cccccc-3n(-c3ccccc3)c2=O)c2cccccc-2n1-c1ccccc1. The van der Waals surface area contributed by atoms with Crippen LogP contribution in [0.1, 0.15) is 67.8 Å². The van der Waals surface area contributed by atoms with Gasteiger partial charge in [-0.3, -0.25) is 56.2 Å². The summed E-state index contributed by atoms with van der Waals surface area (Å²) in [5, 5.41) is 0. The lowest BCUT2D eigenvalue weighted by atomic mass is 9.75. The first-order valence-corrected chi connectivity index (χ1v) is 37.0. The summed E-state index contributed by atoms with van der Waals surface area (Å²) in [5.41, 5.74) is 9.95. The second-order valence-corrected chi connectivity index (χ2v) is 27.8. The van der Waals surface area contributed by atoms with Crippen molar-refractivity contribution in [2.45, 2.75) is 17.8 Å². The molecule has 12 nitrogen and oxygen atoms in total. The van der Waals surface area contributed by atoms with E-state index in [-0.39, 0.29) is 33.4 Å². The summed E-state index contributed by atoms with van der Waals surface area (Å²) in [6.45, 7) is 0. The Bertz CT molecular complexity index is 5860. The number of para-hydroxylation sites is 6. The number of hydrogen-bond acceptors (Lipinski definition) is 6. The summed E-state index contributed by atoms with van der Waals surface area (Å²) >= 11 is 0. The van der Waals surface area contributed by atoms with Gasteiger partial charge in [-0.1, -0.05) is 273 Å². The van der Waals surface area contributed by atoms with Gasteiger partial charge in [-0.05, 0) is 126 Å². The van der Waals surface area contributed by atoms with E-state index < -0.39 is 51.1 Å². The maximum atomic E-state index is 17.2. The third kappa shape index (κ3) is 11.1. The average Bonchev–Trinajstić information content (AvgIpc) is 1.57. The second-order valence-electron chi connectivity index (χ2n) is 27.8. The smallest absolute Gasteiger partial charge is 0.260 e. The van der Waals surface area contributed by atoms with Crippen molar-refractivity contribution < 1.29 is 0 Å². The zero-order valence-corrected chi connectivity index (χ0v) is 59.7. The fraction of sp³-hybridized carbons (Fsp3) is 0.0303. The van der Waals surface area contributed by atoms with Crippen molar-refractivity contribution in [3.8, 4) is 102 Å². The lowest BCUT2D eigenvalue weighted by Crippen LogP contribution is -2.27. The molecule has 0 saturated carbocycles. The Labute approximate surface area is 637 Å². The predicted molar refractivity (Wildman–Crippen MR) is 441 cm³/mol. The van der Waals surface area contributed by atoms with Crippen LogP contribution in [0.15, 0.2) is 411 Å². The molecule has 0 unspecified atom stereocenters. The van der Waals surface area contributed by atoms with Crippen LogP contribution in [-0.2, 0) is 0 Å². The maximum absolute atomic E-state index is 17.2. The molecule has 0 fully saturated rings. The first kappa shape index (κ1) is 66.8. The van der Waals surface area contributed by atoms with Crippen molar-refractivity contribution in [3.63, 3.8) is 0 Å². The Kier molecular flexibility index (Phi) is 16.7. The molecule has 12 heteroatoms. The molecule has 0 spiro atoms. The largest absolute Gasteiger partial charge is 0.277 e. The summed E-state index contributed by atoms with van der Waals surface area (Å²) in [5.74, 6) is -4.07. The van der Waals surface area contributed by atoms with Crippen LogP contribution in [0.5, 0.6) is 0 Å². The molecule has 7 aromatic carbocycles. The summed E-state index contributed by atoms with van der Waals surface area (Å²) in [4.78, 5) is 103. The fourth-order valence-corrected chi connectivity index (χ4v) is 17.1. The molecule has 0 saturated heterocycles. The van der Waals surface area contributed by atoms with Crippen LogP contribution in [0, 0.1) is 0 Å². The number of nitrogens with zero attached hydrogens (tertiary/aromatic N) is 6. The number of fused-ring (bicyclic) bond motifs is 6. The third-order valence-electron chi connectivity index (χ3n) is 21.7. The molecule has 0 amide bonds. The molecular weight excluding hydrogens is 1370 g/mol. The zero-order chi connectivity index (χ0) is 74.8. The Morgan fingerprint density at radius 3 is 0.423 bits per heavy atom. The van der Waals surface area contributed by atoms with Crippen molar-refractivity contribution in [2.24, 2.45) is 0 Å². The molecular formula is C99H66N6O6. The van der Waals surface area contributed by atoms with Crippen molar-refractivity contribution in [2.75, 3.05) is 0 Å². The Morgan fingerprint density at radius 2 is 0.279 bits per heavy atom. The van der Waals surface area contributed by atoms with Gasteiger partial charge in [0.1, 0.15) is 0 Å². The van der Waals surface area contributed by atoms with Gasteiger partial charge in [0.15, 0.2) is 0 Å². The number of aromatic nitrogens is 6. The summed E-state index contributed by atoms with van der Waals surface area (Å²) < 4.78 is 10.2. The fourth-order valence-electron chi connectivity index (χ4n) is 17.1. The van der Waals surface area contributed by atoms with E-state index in [1.54, 1.807) is 27.4 Å². The normalized spacial score (nSPS) is 11.7. The molecule has 528 valence electrons. The van der Waals surface area contributed by atoms with E-state index in [0.717, 1.165) is 0 Å². The van der Waals surface area contributed by atoms with E-state index in [1.807, 2.05) is 382 Å². The minimum absolute atomic E-state index is 0.237. The number of rotatable bonds is 15. The molecule has 0 radical (unpaired) electrons. The first-order chi connectivity index (χ1) is 54.7. The van der Waals surface area contributed by atoms with Gasteiger partial charge in [0.2, 0.25) is 0 Å². The molecule has 6 heterocycles. The van der Waals surface area contributed by atoms with Crippen molar-refractivity contribution in [3.05, 3.63) is 494 Å². The standard InChI is InChI=1S/C99H66N6O6/c106-94-88(73-49-25-7-31-55-79(73)100(94)67-37-13-1-14-38-67)85(89-74-50-26-8-32-56-80(74)101(95(89)107)68-39-15-2-16-40-68)64-61-65(86(90-75-51-27-9-33-57-81(75)102(96(90)108)69-41-17-3-18-42-69)91-76-52-28-10-34-58-82(76)103(97(91)109)70-43-19-4-20-44-70)63-66(62-64)87(92-77-53-29-11-35-59-83(77)104(98(92)110)71-45-21-5-22-46-71)93-78-54-30-12-36-60-84(78)105(99(93)111)72-47-23-6-24-48-72/h1-63,85-87H. The quantitative estimate of drug-likeness (QED) is 0.100. The molecule has 0 aromatic heterocycles. The molecule has 12 aliphatic rings. The maximum Gasteiger partial charge on any atom is 0.260 e. The number of benzene rings is 7. The Morgan fingerprint density at radius 1 is 0.153 bits per heavy atom. The first-order valence-electron chi connectivity index (χ1n) is 37.0. The molecule has 111 heavy (non-hydrogen) atoms. The average molecular weight is 1440 g/mol. The van der Waals surface area contributed by atoms with Gasteiger partial charge in [0, 0.05) is 119 Å². The van der Waals surface area contributed by atoms with Crippen LogP contribution in [0.2, 0.25) is 0 Å². The highest BCUT2D eigenvalue weighted by Gasteiger charge is 2.42. The van der Waals surface area contributed by atoms with Crippen molar-refractivity contribution >= 4 is 0 Å². The van der Waals surface area contributed by atoms with Gasteiger partial charge in [0.05, 0.1) is 34.2 Å². The van der Waals surface area contributed by atoms with E-state index in [9.17, 15) is 0 Å². The Hall–Kier alpha value is -14.9. The topological polar surface area (TPSA) is 132 Å². The van der Waals surface area contributed by atoms with Crippen molar-refractivity contribution in [1.29, 1.82) is 0 Å². The minimum Gasteiger partial charge on any atom is -0.277 e. The highest BCUT2D eigenvalue weighted by molar-refractivity contribution is 5.82. The van der Waals surface area contributed by atoms with Crippen LogP contribution in [0.3, 0.4) is 0 Å². The highest BCUT2D eigenvalue weighted by Crippen LogP contribution is 2.50. The molecule has 6 aliphatic heterocycles. The summed E-state index contributed by atoms with van der Waals surface area (Å²) in [6.07, 6.45) is 0. The van der Waals surface area contributed by atoms with E-state index in [2.05, 4.69) is 0 Å². The predicted octanol–water partition coefficient (Wildman–Crippen LogP) is 18.8. The van der Waals surface area contributed by atoms with Gasteiger partial charge in [-0.2, -0.15) is 0 Å². The molecule has 0 bridgehead atoms. The molecule has 19 rings (SSSR count).